The van der Waals surface area contributed by atoms with Gasteiger partial charge in [-0.05, 0) is 65.9 Å². The van der Waals surface area contributed by atoms with Gasteiger partial charge in [-0.2, -0.15) is 0 Å². The van der Waals surface area contributed by atoms with Gasteiger partial charge in [0.1, 0.15) is 11.3 Å². The molecule has 1 saturated heterocycles. The number of halogens is 1. The lowest BCUT2D eigenvalue weighted by Gasteiger charge is -2.32. The lowest BCUT2D eigenvalue weighted by molar-refractivity contribution is 0.00578. The molecule has 1 fully saturated rings. The van der Waals surface area contributed by atoms with Crippen molar-refractivity contribution in [3.63, 3.8) is 0 Å². The zero-order chi connectivity index (χ0) is 23.8. The van der Waals surface area contributed by atoms with Crippen LogP contribution in [0.1, 0.15) is 60.9 Å². The zero-order valence-electron chi connectivity index (χ0n) is 20.9. The number of fused-ring (bicyclic) bond motifs is 1. The maximum absolute atomic E-state index is 14.9. The van der Waals surface area contributed by atoms with Crippen LogP contribution in [0.25, 0.3) is 10.9 Å². The smallest absolute Gasteiger partial charge is 0.399 e. The van der Waals surface area contributed by atoms with Gasteiger partial charge in [-0.25, -0.2) is 9.37 Å². The molecule has 0 saturated carbocycles. The Labute approximate surface area is 156 Å². The van der Waals surface area contributed by atoms with Crippen molar-refractivity contribution in [2.75, 3.05) is 0 Å². The van der Waals surface area contributed by atoms with Gasteiger partial charge in [0.2, 0.25) is 0 Å². The average Bonchev–Trinajstić information content (AvgIpc) is 2.80. The molecule has 1 aliphatic rings. The third kappa shape index (κ3) is 3.07. The molecular weight excluding hydrogens is 320 g/mol. The third-order valence-corrected chi connectivity index (χ3v) is 5.00. The quantitative estimate of drug-likeness (QED) is 0.845. The van der Waals surface area contributed by atoms with Crippen LogP contribution < -0.4 is 5.46 Å². The molecule has 0 amide bonds. The molecule has 134 valence electrons. The molecule has 2 heterocycles. The summed E-state index contributed by atoms with van der Waals surface area (Å²) in [6.45, 7) is 2.17. The molecular formula is C19H25BFNO3. The van der Waals surface area contributed by atoms with E-state index in [-0.39, 0.29) is 16.6 Å². The molecule has 2 aromatic rings. The van der Waals surface area contributed by atoms with Gasteiger partial charge in [-0.3, -0.25) is 0 Å². The van der Waals surface area contributed by atoms with Crippen LogP contribution in [0.4, 0.5) is 4.39 Å². The van der Waals surface area contributed by atoms with Crippen molar-refractivity contribution in [2.24, 2.45) is 0 Å². The van der Waals surface area contributed by atoms with Crippen LogP contribution in [0.5, 0.6) is 0 Å². The zero-order valence-corrected chi connectivity index (χ0v) is 14.9. The Morgan fingerprint density at radius 2 is 1.76 bits per heavy atom. The minimum Gasteiger partial charge on any atom is -0.399 e. The normalized spacial score (nSPS) is 24.2. The van der Waals surface area contributed by atoms with Crippen LogP contribution in [0.15, 0.2) is 18.2 Å². The van der Waals surface area contributed by atoms with Crippen molar-refractivity contribution in [2.45, 2.75) is 65.1 Å². The number of hydrogen-bond acceptors (Lipinski definition) is 4. The molecule has 1 aromatic carbocycles. The standard InChI is InChI=1S/C19H25BFNO3/c1-11-14(17(2,3)23)9-12-8-13(10-15(21)16(12)22-11)20-24-18(4,5)19(6,7)25-20/h8-10,23H,1-7H3/i2D3,3D3. The number of aromatic nitrogens is 1. The highest BCUT2D eigenvalue weighted by atomic mass is 19.1. The summed E-state index contributed by atoms with van der Waals surface area (Å²) < 4.78 is 72.8. The monoisotopic (exact) mass is 351 g/mol. The van der Waals surface area contributed by atoms with Crippen molar-refractivity contribution >= 4 is 23.5 Å². The van der Waals surface area contributed by atoms with E-state index in [2.05, 4.69) is 4.98 Å². The summed E-state index contributed by atoms with van der Waals surface area (Å²) in [7, 11) is -0.891. The first-order valence-corrected chi connectivity index (χ1v) is 8.01. The second-order valence-electron chi connectivity index (χ2n) is 7.49. The van der Waals surface area contributed by atoms with E-state index in [0.717, 1.165) is 6.07 Å². The highest BCUT2D eigenvalue weighted by Crippen LogP contribution is 2.37. The number of hydrogen-bond donors (Lipinski definition) is 1. The number of aliphatic hydroxyl groups is 1. The Kier molecular flexibility index (Phi) is 2.64. The van der Waals surface area contributed by atoms with Crippen molar-refractivity contribution < 1.29 is 27.0 Å². The van der Waals surface area contributed by atoms with E-state index in [9.17, 15) is 9.50 Å². The molecule has 6 heteroatoms. The summed E-state index contributed by atoms with van der Waals surface area (Å²) in [6, 6.07) is 3.88. The molecule has 0 atom stereocenters. The Bertz CT molecular complexity index is 1010. The molecule has 4 nitrogen and oxygen atoms in total. The largest absolute Gasteiger partial charge is 0.494 e. The molecule has 0 bridgehead atoms. The first-order chi connectivity index (χ1) is 13.8. The minimum atomic E-state index is -3.28. The molecule has 1 N–H and O–H groups in total. The fourth-order valence-electron chi connectivity index (χ4n) is 2.84. The predicted octanol–water partition coefficient (Wildman–Crippen LogP) is 3.21. The SMILES string of the molecule is [2H]C([2H])([2H])C(O)(c1cc2cc(B3OC(C)(C)C(C)(C)O3)cc(F)c2nc1C)C([2H])([2H])[2H]. The first kappa shape index (κ1) is 12.0. The van der Waals surface area contributed by atoms with Crippen molar-refractivity contribution in [1.82, 2.24) is 4.98 Å². The fraction of sp³-hybridized carbons (Fsp3) is 0.526. The summed E-state index contributed by atoms with van der Waals surface area (Å²) in [6.07, 6.45) is 0. The fourth-order valence-corrected chi connectivity index (χ4v) is 2.84. The van der Waals surface area contributed by atoms with Gasteiger partial charge in [0.25, 0.3) is 0 Å². The summed E-state index contributed by atoms with van der Waals surface area (Å²) in [4.78, 5) is 4.08. The van der Waals surface area contributed by atoms with Crippen LogP contribution in [0, 0.1) is 12.7 Å². The maximum atomic E-state index is 14.9. The van der Waals surface area contributed by atoms with Crippen LogP contribution >= 0.6 is 0 Å². The van der Waals surface area contributed by atoms with Gasteiger partial charge in [0.05, 0.1) is 16.8 Å². The second kappa shape index (κ2) is 5.50. The Morgan fingerprint density at radius 1 is 1.16 bits per heavy atom. The minimum absolute atomic E-state index is 0.0834. The van der Waals surface area contributed by atoms with Crippen LogP contribution in [-0.2, 0) is 14.9 Å². The van der Waals surface area contributed by atoms with E-state index < -0.39 is 49.0 Å². The summed E-state index contributed by atoms with van der Waals surface area (Å²) >= 11 is 0. The van der Waals surface area contributed by atoms with Crippen molar-refractivity contribution in [1.29, 1.82) is 0 Å². The van der Waals surface area contributed by atoms with Crippen molar-refractivity contribution in [3.8, 4) is 0 Å². The molecule has 0 unspecified atom stereocenters. The number of nitrogens with zero attached hydrogens (tertiary/aromatic N) is 1. The van der Waals surface area contributed by atoms with E-state index in [1.54, 1.807) is 0 Å². The van der Waals surface area contributed by atoms with Gasteiger partial charge in [0, 0.05) is 24.9 Å². The molecule has 25 heavy (non-hydrogen) atoms. The Balaban J connectivity index is 2.22. The highest BCUT2D eigenvalue weighted by molar-refractivity contribution is 6.62. The van der Waals surface area contributed by atoms with Gasteiger partial charge in [-0.15, -0.1) is 0 Å². The molecule has 0 radical (unpaired) electrons. The Hall–Kier alpha value is -1.50. The lowest BCUT2D eigenvalue weighted by atomic mass is 9.78. The summed E-state index contributed by atoms with van der Waals surface area (Å²) in [5, 5.41) is 11.0. The number of rotatable bonds is 2. The molecule has 1 aliphatic heterocycles. The average molecular weight is 351 g/mol. The molecule has 0 aliphatic carbocycles. The molecule has 3 rings (SSSR count). The summed E-state index contributed by atoms with van der Waals surface area (Å²) in [5.74, 6) is -0.705. The Morgan fingerprint density at radius 3 is 2.32 bits per heavy atom. The van der Waals surface area contributed by atoms with Gasteiger partial charge >= 0.3 is 7.12 Å². The molecule has 1 aromatic heterocycles. The van der Waals surface area contributed by atoms with Crippen LogP contribution in [0.3, 0.4) is 0 Å². The number of benzene rings is 1. The van der Waals surface area contributed by atoms with Gasteiger partial charge in [0.15, 0.2) is 0 Å². The third-order valence-electron chi connectivity index (χ3n) is 5.00. The lowest BCUT2D eigenvalue weighted by Crippen LogP contribution is -2.41. The maximum Gasteiger partial charge on any atom is 0.494 e. The van der Waals surface area contributed by atoms with E-state index in [1.165, 1.54) is 19.1 Å². The molecule has 0 spiro atoms. The summed E-state index contributed by atoms with van der Waals surface area (Å²) in [5.41, 5.74) is -4.77. The predicted molar refractivity (Wildman–Crippen MR) is 97.4 cm³/mol. The topological polar surface area (TPSA) is 51.6 Å². The first-order valence-electron chi connectivity index (χ1n) is 11.0. The number of pyridine rings is 1. The van der Waals surface area contributed by atoms with E-state index in [0.29, 0.717) is 5.46 Å². The second-order valence-corrected chi connectivity index (χ2v) is 7.49. The van der Waals surface area contributed by atoms with Gasteiger partial charge < -0.3 is 14.4 Å². The van der Waals surface area contributed by atoms with Crippen LogP contribution in [-0.4, -0.2) is 28.4 Å². The van der Waals surface area contributed by atoms with Crippen molar-refractivity contribution in [3.05, 3.63) is 35.3 Å². The van der Waals surface area contributed by atoms with Crippen LogP contribution in [0.2, 0.25) is 0 Å². The van der Waals surface area contributed by atoms with E-state index in [4.69, 9.17) is 17.5 Å². The van der Waals surface area contributed by atoms with Gasteiger partial charge in [-0.1, -0.05) is 6.07 Å². The van der Waals surface area contributed by atoms with E-state index in [1.807, 2.05) is 27.7 Å². The number of aryl methyl sites for hydroxylation is 1. The highest BCUT2D eigenvalue weighted by Gasteiger charge is 2.51. The van der Waals surface area contributed by atoms with E-state index >= 15 is 0 Å².